The SMILES string of the molecule is CCN(CC)CCNCc1cc([N+](=O)[O-])cc2nc(OC)c(OC)nc12. The Kier molecular flexibility index (Phi) is 7.05. The molecular weight excluding hydrogens is 338 g/mol. The Morgan fingerprint density at radius 3 is 2.38 bits per heavy atom. The van der Waals surface area contributed by atoms with Crippen LogP contribution in [0.1, 0.15) is 19.4 Å². The van der Waals surface area contributed by atoms with E-state index in [9.17, 15) is 10.1 Å². The number of fused-ring (bicyclic) bond motifs is 1. The van der Waals surface area contributed by atoms with Gasteiger partial charge in [0.1, 0.15) is 5.52 Å². The second-order valence-corrected chi connectivity index (χ2v) is 5.68. The summed E-state index contributed by atoms with van der Waals surface area (Å²) in [6, 6.07) is 2.91. The van der Waals surface area contributed by atoms with Crippen LogP contribution >= 0.6 is 0 Å². The van der Waals surface area contributed by atoms with Gasteiger partial charge in [-0.3, -0.25) is 10.1 Å². The van der Waals surface area contributed by atoms with Crippen molar-refractivity contribution in [3.63, 3.8) is 0 Å². The van der Waals surface area contributed by atoms with Gasteiger partial charge < -0.3 is 19.7 Å². The standard InChI is InChI=1S/C17H25N5O4/c1-5-21(6-2)8-7-18-11-12-9-13(22(23)24)10-14-15(12)20-17(26-4)16(19-14)25-3/h9-10,18H,5-8,11H2,1-4H3. The van der Waals surface area contributed by atoms with Crippen molar-refractivity contribution >= 4 is 16.7 Å². The van der Waals surface area contributed by atoms with Crippen molar-refractivity contribution in [3.8, 4) is 11.8 Å². The molecule has 0 atom stereocenters. The average molecular weight is 363 g/mol. The molecule has 1 heterocycles. The highest BCUT2D eigenvalue weighted by Crippen LogP contribution is 2.29. The summed E-state index contributed by atoms with van der Waals surface area (Å²) in [5.41, 5.74) is 1.63. The Labute approximate surface area is 152 Å². The lowest BCUT2D eigenvalue weighted by molar-refractivity contribution is -0.384. The van der Waals surface area contributed by atoms with E-state index in [2.05, 4.69) is 34.0 Å². The molecule has 1 aromatic carbocycles. The van der Waals surface area contributed by atoms with E-state index >= 15 is 0 Å². The number of nitrogens with zero attached hydrogens (tertiary/aromatic N) is 4. The van der Waals surface area contributed by atoms with E-state index in [0.717, 1.165) is 26.2 Å². The van der Waals surface area contributed by atoms with E-state index in [1.54, 1.807) is 0 Å². The first-order chi connectivity index (χ1) is 12.5. The van der Waals surface area contributed by atoms with Gasteiger partial charge in [-0.15, -0.1) is 0 Å². The number of benzene rings is 1. The highest BCUT2D eigenvalue weighted by atomic mass is 16.6. The van der Waals surface area contributed by atoms with E-state index in [4.69, 9.17) is 9.47 Å². The van der Waals surface area contributed by atoms with E-state index < -0.39 is 4.92 Å². The fraction of sp³-hybridized carbons (Fsp3) is 0.529. The first-order valence-electron chi connectivity index (χ1n) is 8.54. The molecule has 0 radical (unpaired) electrons. The van der Waals surface area contributed by atoms with Crippen LogP contribution in [0.2, 0.25) is 0 Å². The minimum atomic E-state index is -0.433. The second kappa shape index (κ2) is 9.25. The molecule has 1 N–H and O–H groups in total. The number of nitro groups is 1. The number of non-ortho nitro benzene ring substituents is 1. The lowest BCUT2D eigenvalue weighted by Gasteiger charge is -2.18. The summed E-state index contributed by atoms with van der Waals surface area (Å²) in [7, 11) is 2.93. The molecule has 0 fully saturated rings. The fourth-order valence-electron chi connectivity index (χ4n) is 2.69. The van der Waals surface area contributed by atoms with E-state index in [1.165, 1.54) is 26.4 Å². The average Bonchev–Trinajstić information content (AvgIpc) is 2.66. The zero-order chi connectivity index (χ0) is 19.1. The van der Waals surface area contributed by atoms with Crippen LogP contribution in [-0.2, 0) is 6.54 Å². The third-order valence-electron chi connectivity index (χ3n) is 4.18. The third-order valence-corrected chi connectivity index (χ3v) is 4.18. The Hall–Kier alpha value is -2.52. The molecular formula is C17H25N5O4. The van der Waals surface area contributed by atoms with E-state index in [1.807, 2.05) is 0 Å². The first kappa shape index (κ1) is 19.8. The predicted molar refractivity (Wildman–Crippen MR) is 98.8 cm³/mol. The Bertz CT molecular complexity index is 764. The summed E-state index contributed by atoms with van der Waals surface area (Å²) >= 11 is 0. The monoisotopic (exact) mass is 363 g/mol. The molecule has 0 amide bonds. The molecule has 0 saturated carbocycles. The number of methoxy groups -OCH3 is 2. The van der Waals surface area contributed by atoms with Crippen LogP contribution in [0.25, 0.3) is 11.0 Å². The van der Waals surface area contributed by atoms with Gasteiger partial charge in [0.2, 0.25) is 0 Å². The number of ether oxygens (including phenoxy) is 2. The van der Waals surface area contributed by atoms with Crippen molar-refractivity contribution in [3.05, 3.63) is 27.8 Å². The minimum Gasteiger partial charge on any atom is -0.477 e. The van der Waals surface area contributed by atoms with Crippen LogP contribution in [0.4, 0.5) is 5.69 Å². The first-order valence-corrected chi connectivity index (χ1v) is 8.54. The molecule has 0 aliphatic heterocycles. The maximum Gasteiger partial charge on any atom is 0.278 e. The van der Waals surface area contributed by atoms with Crippen molar-refractivity contribution < 1.29 is 14.4 Å². The van der Waals surface area contributed by atoms with Crippen LogP contribution in [-0.4, -0.2) is 60.2 Å². The van der Waals surface area contributed by atoms with Crippen LogP contribution in [0, 0.1) is 10.1 Å². The molecule has 9 heteroatoms. The van der Waals surface area contributed by atoms with Crippen LogP contribution in [0.3, 0.4) is 0 Å². The minimum absolute atomic E-state index is 0.0282. The molecule has 142 valence electrons. The Morgan fingerprint density at radius 2 is 1.81 bits per heavy atom. The zero-order valence-corrected chi connectivity index (χ0v) is 15.6. The molecule has 0 spiro atoms. The Morgan fingerprint density at radius 1 is 1.15 bits per heavy atom. The maximum atomic E-state index is 11.2. The van der Waals surface area contributed by atoms with Crippen molar-refractivity contribution in [2.24, 2.45) is 0 Å². The van der Waals surface area contributed by atoms with Gasteiger partial charge in [-0.05, 0) is 13.1 Å². The summed E-state index contributed by atoms with van der Waals surface area (Å²) in [6.45, 7) is 8.33. The lowest BCUT2D eigenvalue weighted by atomic mass is 10.1. The third kappa shape index (κ3) is 4.55. The molecule has 0 aliphatic carbocycles. The van der Waals surface area contributed by atoms with Gasteiger partial charge in [0.15, 0.2) is 0 Å². The molecule has 26 heavy (non-hydrogen) atoms. The molecule has 0 unspecified atom stereocenters. The Balaban J connectivity index is 2.31. The molecule has 9 nitrogen and oxygen atoms in total. The van der Waals surface area contributed by atoms with Gasteiger partial charge >= 0.3 is 0 Å². The maximum absolute atomic E-state index is 11.2. The van der Waals surface area contributed by atoms with Crippen LogP contribution < -0.4 is 14.8 Å². The van der Waals surface area contributed by atoms with Gasteiger partial charge in [-0.25, -0.2) is 9.97 Å². The molecule has 2 aromatic rings. The summed E-state index contributed by atoms with van der Waals surface area (Å²) in [4.78, 5) is 21.8. The quantitative estimate of drug-likeness (QED) is 0.388. The number of nitrogens with one attached hydrogen (secondary N) is 1. The number of nitro benzene ring substituents is 1. The fourth-order valence-corrected chi connectivity index (χ4v) is 2.69. The van der Waals surface area contributed by atoms with Gasteiger partial charge in [0, 0.05) is 37.3 Å². The van der Waals surface area contributed by atoms with E-state index in [-0.39, 0.29) is 17.4 Å². The number of hydrogen-bond acceptors (Lipinski definition) is 8. The zero-order valence-electron chi connectivity index (χ0n) is 15.6. The highest BCUT2D eigenvalue weighted by Gasteiger charge is 2.17. The predicted octanol–water partition coefficient (Wildman–Crippen LogP) is 1.99. The molecule has 1 aromatic heterocycles. The normalized spacial score (nSPS) is 11.1. The number of aromatic nitrogens is 2. The summed E-state index contributed by atoms with van der Waals surface area (Å²) in [6.07, 6.45) is 0. The van der Waals surface area contributed by atoms with Crippen molar-refractivity contribution in [1.29, 1.82) is 0 Å². The lowest BCUT2D eigenvalue weighted by Crippen LogP contribution is -2.31. The highest BCUT2D eigenvalue weighted by molar-refractivity contribution is 5.82. The summed E-state index contributed by atoms with van der Waals surface area (Å²) < 4.78 is 10.3. The largest absolute Gasteiger partial charge is 0.477 e. The van der Waals surface area contributed by atoms with Crippen molar-refractivity contribution in [1.82, 2.24) is 20.2 Å². The summed E-state index contributed by atoms with van der Waals surface area (Å²) in [5.74, 6) is 0.444. The van der Waals surface area contributed by atoms with Gasteiger partial charge in [0.25, 0.3) is 17.4 Å². The molecule has 0 aliphatic rings. The van der Waals surface area contributed by atoms with Gasteiger partial charge in [-0.2, -0.15) is 0 Å². The van der Waals surface area contributed by atoms with Crippen molar-refractivity contribution in [2.75, 3.05) is 40.4 Å². The molecule has 2 rings (SSSR count). The topological polar surface area (TPSA) is 103 Å². The van der Waals surface area contributed by atoms with Crippen molar-refractivity contribution in [2.45, 2.75) is 20.4 Å². The number of rotatable bonds is 10. The second-order valence-electron chi connectivity index (χ2n) is 5.68. The summed E-state index contributed by atoms with van der Waals surface area (Å²) in [5, 5.41) is 14.6. The molecule has 0 saturated heterocycles. The number of hydrogen-bond donors (Lipinski definition) is 1. The molecule has 0 bridgehead atoms. The van der Waals surface area contributed by atoms with Gasteiger partial charge in [0.05, 0.1) is 24.7 Å². The van der Waals surface area contributed by atoms with Gasteiger partial charge in [-0.1, -0.05) is 13.8 Å². The smallest absolute Gasteiger partial charge is 0.278 e. The number of likely N-dealkylation sites (N-methyl/N-ethyl adjacent to an activating group) is 1. The van der Waals surface area contributed by atoms with E-state index in [0.29, 0.717) is 23.1 Å². The van der Waals surface area contributed by atoms with Crippen LogP contribution in [0.15, 0.2) is 12.1 Å². The van der Waals surface area contributed by atoms with Crippen LogP contribution in [0.5, 0.6) is 11.8 Å².